The Morgan fingerprint density at radius 1 is 0.667 bits per heavy atom. The molecule has 2 aliphatic rings. The molecule has 9 heteroatoms. The lowest BCUT2D eigenvalue weighted by Crippen LogP contribution is -2.62. The van der Waals surface area contributed by atoms with E-state index in [0.29, 0.717) is 0 Å². The zero-order valence-electron chi connectivity index (χ0n) is 11.7. The molecule has 0 spiro atoms. The van der Waals surface area contributed by atoms with E-state index in [1.54, 1.807) is 0 Å². The molecule has 10 atom stereocenters. The Labute approximate surface area is 121 Å². The van der Waals surface area contributed by atoms with E-state index in [0.717, 1.165) is 0 Å². The van der Waals surface area contributed by atoms with Crippen molar-refractivity contribution in [1.82, 2.24) is 0 Å². The smallest absolute Gasteiger partial charge is 0.187 e. The van der Waals surface area contributed by atoms with E-state index < -0.39 is 61.4 Å². The van der Waals surface area contributed by atoms with E-state index in [9.17, 15) is 30.6 Å². The van der Waals surface area contributed by atoms with Crippen LogP contribution in [0.4, 0.5) is 0 Å². The van der Waals surface area contributed by atoms with Gasteiger partial charge in [0, 0.05) is 0 Å². The fraction of sp³-hybridized carbons (Fsp3) is 1.00. The van der Waals surface area contributed by atoms with Crippen molar-refractivity contribution in [2.75, 3.05) is 0 Å². The molecular weight excluding hydrogens is 288 g/mol. The van der Waals surface area contributed by atoms with E-state index in [1.807, 2.05) is 0 Å². The van der Waals surface area contributed by atoms with Crippen LogP contribution in [0.15, 0.2) is 0 Å². The van der Waals surface area contributed by atoms with Crippen LogP contribution in [0.2, 0.25) is 0 Å². The molecule has 0 aliphatic carbocycles. The molecule has 0 amide bonds. The predicted octanol–water partition coefficient (Wildman–Crippen LogP) is -3.34. The maximum Gasteiger partial charge on any atom is 0.187 e. The predicted molar refractivity (Wildman–Crippen MR) is 65.8 cm³/mol. The average Bonchev–Trinajstić information content (AvgIpc) is 2.44. The highest BCUT2D eigenvalue weighted by atomic mass is 16.7. The normalized spacial score (nSPS) is 55.4. The molecule has 124 valence electrons. The molecule has 6 N–H and O–H groups in total. The van der Waals surface area contributed by atoms with Gasteiger partial charge in [0.05, 0.1) is 12.2 Å². The van der Waals surface area contributed by atoms with Gasteiger partial charge in [-0.15, -0.1) is 0 Å². The summed E-state index contributed by atoms with van der Waals surface area (Å²) in [5.74, 6) is 0. The van der Waals surface area contributed by atoms with Crippen LogP contribution >= 0.6 is 0 Å². The lowest BCUT2D eigenvalue weighted by molar-refractivity contribution is -0.348. The highest BCUT2D eigenvalue weighted by Crippen LogP contribution is 2.28. The van der Waals surface area contributed by atoms with Crippen LogP contribution in [0.3, 0.4) is 0 Å². The summed E-state index contributed by atoms with van der Waals surface area (Å²) in [5.41, 5.74) is 0. The van der Waals surface area contributed by atoms with E-state index in [4.69, 9.17) is 14.2 Å². The number of aliphatic hydroxyl groups is 6. The third-order valence-corrected chi connectivity index (χ3v) is 3.90. The summed E-state index contributed by atoms with van der Waals surface area (Å²) in [6.07, 6.45) is -12.8. The molecule has 2 unspecified atom stereocenters. The lowest BCUT2D eigenvalue weighted by Gasteiger charge is -2.44. The summed E-state index contributed by atoms with van der Waals surface area (Å²) in [6, 6.07) is 0. The van der Waals surface area contributed by atoms with Crippen molar-refractivity contribution in [3.63, 3.8) is 0 Å². The van der Waals surface area contributed by atoms with E-state index in [2.05, 4.69) is 0 Å². The topological polar surface area (TPSA) is 149 Å². The van der Waals surface area contributed by atoms with Gasteiger partial charge < -0.3 is 44.8 Å². The van der Waals surface area contributed by atoms with E-state index in [-0.39, 0.29) is 0 Å². The minimum absolute atomic E-state index is 0.784. The van der Waals surface area contributed by atoms with Crippen molar-refractivity contribution in [2.45, 2.75) is 75.3 Å². The highest BCUT2D eigenvalue weighted by molar-refractivity contribution is 4.91. The summed E-state index contributed by atoms with van der Waals surface area (Å²) in [6.45, 7) is 3.00. The molecule has 0 bridgehead atoms. The van der Waals surface area contributed by atoms with Crippen molar-refractivity contribution in [3.8, 4) is 0 Å². The molecule has 2 fully saturated rings. The molecule has 0 aromatic heterocycles. The number of hydrogen-bond donors (Lipinski definition) is 6. The molecule has 2 heterocycles. The standard InChI is InChI=1S/C12H22O9/c1-3-5(13)6(14)9(17)12(20-3)21-10-4(2)19-11(18)8(16)7(10)15/h3-18H,1-2H3/t3-,4+,5-,6+,7+,8-,9+,10+,11?,12?/m0/s1. The lowest BCUT2D eigenvalue weighted by atomic mass is 9.98. The molecule has 2 aliphatic heterocycles. The van der Waals surface area contributed by atoms with Gasteiger partial charge in [-0.25, -0.2) is 0 Å². The quantitative estimate of drug-likeness (QED) is 0.308. The van der Waals surface area contributed by atoms with Crippen LogP contribution in [-0.4, -0.2) is 92.1 Å². The zero-order valence-corrected chi connectivity index (χ0v) is 11.7. The fourth-order valence-electron chi connectivity index (χ4n) is 2.49. The Hall–Kier alpha value is -0.360. The molecule has 2 saturated heterocycles. The van der Waals surface area contributed by atoms with Gasteiger partial charge in [-0.05, 0) is 13.8 Å². The number of ether oxygens (including phenoxy) is 3. The Bertz CT molecular complexity index is 354. The maximum absolute atomic E-state index is 9.91. The second-order valence-corrected chi connectivity index (χ2v) is 5.50. The van der Waals surface area contributed by atoms with Crippen LogP contribution < -0.4 is 0 Å². The highest BCUT2D eigenvalue weighted by Gasteiger charge is 2.48. The summed E-state index contributed by atoms with van der Waals surface area (Å²) in [7, 11) is 0. The van der Waals surface area contributed by atoms with Crippen molar-refractivity contribution in [3.05, 3.63) is 0 Å². The molecule has 0 radical (unpaired) electrons. The van der Waals surface area contributed by atoms with Crippen LogP contribution in [-0.2, 0) is 14.2 Å². The van der Waals surface area contributed by atoms with E-state index >= 15 is 0 Å². The van der Waals surface area contributed by atoms with Gasteiger partial charge >= 0.3 is 0 Å². The van der Waals surface area contributed by atoms with Crippen LogP contribution in [0, 0.1) is 0 Å². The van der Waals surface area contributed by atoms with Gasteiger partial charge in [-0.2, -0.15) is 0 Å². The van der Waals surface area contributed by atoms with Crippen molar-refractivity contribution < 1.29 is 44.8 Å². The number of rotatable bonds is 2. The number of aliphatic hydroxyl groups excluding tert-OH is 6. The molecule has 21 heavy (non-hydrogen) atoms. The van der Waals surface area contributed by atoms with Crippen LogP contribution in [0.1, 0.15) is 13.8 Å². The largest absolute Gasteiger partial charge is 0.388 e. The van der Waals surface area contributed by atoms with Crippen molar-refractivity contribution >= 4 is 0 Å². The van der Waals surface area contributed by atoms with Gasteiger partial charge in [0.15, 0.2) is 12.6 Å². The molecule has 0 saturated carbocycles. The second kappa shape index (κ2) is 6.41. The van der Waals surface area contributed by atoms with Crippen molar-refractivity contribution in [2.24, 2.45) is 0 Å². The first kappa shape index (κ1) is 17.0. The molecule has 0 aromatic rings. The first-order valence-corrected chi connectivity index (χ1v) is 6.78. The Morgan fingerprint density at radius 2 is 1.29 bits per heavy atom. The van der Waals surface area contributed by atoms with Crippen molar-refractivity contribution in [1.29, 1.82) is 0 Å². The average molecular weight is 310 g/mol. The first-order chi connectivity index (χ1) is 9.73. The molecule has 9 nitrogen and oxygen atoms in total. The summed E-state index contributed by atoms with van der Waals surface area (Å²) in [4.78, 5) is 0. The van der Waals surface area contributed by atoms with Gasteiger partial charge in [-0.3, -0.25) is 0 Å². The molecule has 0 aromatic carbocycles. The van der Waals surface area contributed by atoms with Gasteiger partial charge in [0.2, 0.25) is 0 Å². The van der Waals surface area contributed by atoms with Gasteiger partial charge in [-0.1, -0.05) is 0 Å². The monoisotopic (exact) mass is 310 g/mol. The van der Waals surface area contributed by atoms with Crippen LogP contribution in [0.25, 0.3) is 0 Å². The third-order valence-electron chi connectivity index (χ3n) is 3.90. The molecule has 2 rings (SSSR count). The van der Waals surface area contributed by atoms with Crippen LogP contribution in [0.5, 0.6) is 0 Å². The maximum atomic E-state index is 9.91. The SMILES string of the molecule is C[C@@H]1OC(O[C@H]2[C@H](O)[C@H](O)C(O)O[C@@H]2C)[C@H](O)[C@H](O)[C@H]1O. The molecular formula is C12H22O9. The first-order valence-electron chi connectivity index (χ1n) is 6.78. The zero-order chi connectivity index (χ0) is 15.9. The Kier molecular flexibility index (Phi) is 5.19. The minimum Gasteiger partial charge on any atom is -0.388 e. The van der Waals surface area contributed by atoms with Gasteiger partial charge in [0.25, 0.3) is 0 Å². The Morgan fingerprint density at radius 3 is 1.90 bits per heavy atom. The summed E-state index contributed by atoms with van der Waals surface area (Å²) >= 11 is 0. The fourth-order valence-corrected chi connectivity index (χ4v) is 2.49. The van der Waals surface area contributed by atoms with Gasteiger partial charge in [0.1, 0.15) is 36.6 Å². The minimum atomic E-state index is -1.57. The summed E-state index contributed by atoms with van der Waals surface area (Å²) in [5, 5.41) is 58.0. The second-order valence-electron chi connectivity index (χ2n) is 5.50. The Balaban J connectivity index is 2.06. The third kappa shape index (κ3) is 3.21. The summed E-state index contributed by atoms with van der Waals surface area (Å²) < 4.78 is 15.6. The number of hydrogen-bond acceptors (Lipinski definition) is 9. The van der Waals surface area contributed by atoms with E-state index in [1.165, 1.54) is 13.8 Å².